The van der Waals surface area contributed by atoms with Gasteiger partial charge in [0, 0.05) is 13.1 Å². The number of esters is 1. The molecule has 1 amide bonds. The molecular formula is C15H20N2O5. The number of carbonyl (C=O) groups is 2. The van der Waals surface area contributed by atoms with Gasteiger partial charge in [-0.25, -0.2) is 4.79 Å². The van der Waals surface area contributed by atoms with Crippen LogP contribution in [0.25, 0.3) is 0 Å². The summed E-state index contributed by atoms with van der Waals surface area (Å²) in [6.07, 6.45) is 1.65. The molecule has 1 aromatic rings. The van der Waals surface area contributed by atoms with Gasteiger partial charge in [0.05, 0.1) is 7.11 Å². The van der Waals surface area contributed by atoms with E-state index >= 15 is 0 Å². The number of methoxy groups -OCH3 is 1. The third kappa shape index (κ3) is 3.88. The normalized spacial score (nSPS) is 15.5. The molecule has 1 fully saturated rings. The highest BCUT2D eigenvalue weighted by atomic mass is 16.6. The van der Waals surface area contributed by atoms with Gasteiger partial charge in [-0.2, -0.15) is 0 Å². The average molecular weight is 308 g/mol. The number of hydrogen-bond donors (Lipinski definition) is 2. The number of aromatic hydroxyl groups is 1. The predicted molar refractivity (Wildman–Crippen MR) is 78.6 cm³/mol. The van der Waals surface area contributed by atoms with Crippen molar-refractivity contribution < 1.29 is 24.2 Å². The summed E-state index contributed by atoms with van der Waals surface area (Å²) in [5.41, 5.74) is 6.36. The number of rotatable bonds is 4. The van der Waals surface area contributed by atoms with Crippen LogP contribution in [0.5, 0.6) is 11.5 Å². The van der Waals surface area contributed by atoms with Crippen molar-refractivity contribution in [2.45, 2.75) is 25.3 Å². The number of likely N-dealkylation sites (tertiary alicyclic amines) is 1. The Balaban J connectivity index is 2.06. The van der Waals surface area contributed by atoms with Gasteiger partial charge in [-0.15, -0.1) is 0 Å². The van der Waals surface area contributed by atoms with Crippen LogP contribution < -0.4 is 10.5 Å². The van der Waals surface area contributed by atoms with Crippen LogP contribution in [-0.4, -0.2) is 48.3 Å². The molecule has 0 spiro atoms. The molecule has 0 saturated carbocycles. The number of benzene rings is 1. The summed E-state index contributed by atoms with van der Waals surface area (Å²) < 4.78 is 9.78. The second-order valence-electron chi connectivity index (χ2n) is 5.20. The van der Waals surface area contributed by atoms with Crippen molar-refractivity contribution in [2.75, 3.05) is 20.2 Å². The smallest absolute Gasteiger partial charge is 0.415 e. The van der Waals surface area contributed by atoms with Crippen LogP contribution in [0.15, 0.2) is 18.2 Å². The Kier molecular flexibility index (Phi) is 5.21. The maximum absolute atomic E-state index is 11.9. The van der Waals surface area contributed by atoms with Crippen LogP contribution in [0.1, 0.15) is 18.4 Å². The first kappa shape index (κ1) is 16.1. The van der Waals surface area contributed by atoms with E-state index in [0.717, 1.165) is 12.8 Å². The highest BCUT2D eigenvalue weighted by Crippen LogP contribution is 2.28. The summed E-state index contributed by atoms with van der Waals surface area (Å²) in [5, 5.41) is 9.80. The van der Waals surface area contributed by atoms with E-state index in [1.54, 1.807) is 11.0 Å². The van der Waals surface area contributed by atoms with Gasteiger partial charge in [0.2, 0.25) is 0 Å². The second-order valence-corrected chi connectivity index (χ2v) is 5.20. The van der Waals surface area contributed by atoms with Crippen molar-refractivity contribution in [1.82, 2.24) is 4.90 Å². The summed E-state index contributed by atoms with van der Waals surface area (Å²) in [6, 6.07) is 3.72. The Morgan fingerprint density at radius 3 is 2.68 bits per heavy atom. The first-order valence-corrected chi connectivity index (χ1v) is 7.13. The second kappa shape index (κ2) is 7.13. The minimum absolute atomic E-state index is 0.0615. The monoisotopic (exact) mass is 308 g/mol. The SMILES string of the molecule is COC(=O)[C@@H](N)Cc1ccc(O)c(OC(=O)N2CCCC2)c1. The lowest BCUT2D eigenvalue weighted by Crippen LogP contribution is -2.33. The van der Waals surface area contributed by atoms with E-state index < -0.39 is 18.1 Å². The zero-order valence-corrected chi connectivity index (χ0v) is 12.4. The van der Waals surface area contributed by atoms with E-state index in [0.29, 0.717) is 18.7 Å². The largest absolute Gasteiger partial charge is 0.504 e. The lowest BCUT2D eigenvalue weighted by molar-refractivity contribution is -0.142. The molecule has 1 aliphatic heterocycles. The molecule has 22 heavy (non-hydrogen) atoms. The Labute approximate surface area is 128 Å². The maximum atomic E-state index is 11.9. The number of phenols is 1. The maximum Gasteiger partial charge on any atom is 0.415 e. The summed E-state index contributed by atoms with van der Waals surface area (Å²) in [7, 11) is 1.27. The van der Waals surface area contributed by atoms with Gasteiger partial charge in [0.25, 0.3) is 0 Å². The van der Waals surface area contributed by atoms with Gasteiger partial charge in [-0.05, 0) is 37.0 Å². The van der Waals surface area contributed by atoms with Crippen LogP contribution in [0, 0.1) is 0 Å². The van der Waals surface area contributed by atoms with E-state index in [1.165, 1.54) is 19.2 Å². The Hall–Kier alpha value is -2.28. The van der Waals surface area contributed by atoms with E-state index in [2.05, 4.69) is 4.74 Å². The summed E-state index contributed by atoms with van der Waals surface area (Å²) >= 11 is 0. The molecule has 1 saturated heterocycles. The summed E-state index contributed by atoms with van der Waals surface area (Å²) in [4.78, 5) is 24.9. The molecule has 0 bridgehead atoms. The molecule has 7 nitrogen and oxygen atoms in total. The highest BCUT2D eigenvalue weighted by Gasteiger charge is 2.21. The summed E-state index contributed by atoms with van der Waals surface area (Å²) in [5.74, 6) is -0.599. The fourth-order valence-corrected chi connectivity index (χ4v) is 2.31. The van der Waals surface area contributed by atoms with Gasteiger partial charge < -0.3 is 25.2 Å². The Morgan fingerprint density at radius 1 is 1.36 bits per heavy atom. The molecule has 1 atom stereocenters. The fourth-order valence-electron chi connectivity index (χ4n) is 2.31. The molecule has 0 unspecified atom stereocenters. The first-order chi connectivity index (χ1) is 10.5. The van der Waals surface area contributed by atoms with E-state index in [9.17, 15) is 14.7 Å². The molecule has 2 rings (SSSR count). The molecule has 1 aliphatic rings. The lowest BCUT2D eigenvalue weighted by Gasteiger charge is -2.16. The number of amides is 1. The van der Waals surface area contributed by atoms with Gasteiger partial charge in [-0.1, -0.05) is 6.07 Å². The quantitative estimate of drug-likeness (QED) is 0.805. The van der Waals surface area contributed by atoms with Gasteiger partial charge in [0.15, 0.2) is 11.5 Å². The molecular weight excluding hydrogens is 288 g/mol. The third-order valence-electron chi connectivity index (χ3n) is 3.55. The van der Waals surface area contributed by atoms with Crippen LogP contribution in [0.2, 0.25) is 0 Å². The number of carbonyl (C=O) groups excluding carboxylic acids is 2. The van der Waals surface area contributed by atoms with Gasteiger partial charge in [-0.3, -0.25) is 4.79 Å². The van der Waals surface area contributed by atoms with Gasteiger partial charge >= 0.3 is 12.1 Å². The van der Waals surface area contributed by atoms with Crippen molar-refractivity contribution in [3.8, 4) is 11.5 Å². The van der Waals surface area contributed by atoms with Crippen molar-refractivity contribution in [3.63, 3.8) is 0 Å². The number of nitrogens with zero attached hydrogens (tertiary/aromatic N) is 1. The van der Waals surface area contributed by atoms with Gasteiger partial charge in [0.1, 0.15) is 6.04 Å². The van der Waals surface area contributed by atoms with E-state index in [-0.39, 0.29) is 17.9 Å². The molecule has 1 heterocycles. The molecule has 0 radical (unpaired) electrons. The zero-order valence-electron chi connectivity index (χ0n) is 12.4. The topological polar surface area (TPSA) is 102 Å². The van der Waals surface area contributed by atoms with Crippen molar-refractivity contribution in [2.24, 2.45) is 5.73 Å². The molecule has 0 aromatic heterocycles. The Morgan fingerprint density at radius 2 is 2.05 bits per heavy atom. The van der Waals surface area contributed by atoms with Crippen molar-refractivity contribution in [3.05, 3.63) is 23.8 Å². The minimum atomic E-state index is -0.809. The average Bonchev–Trinajstić information content (AvgIpc) is 3.04. The van der Waals surface area contributed by atoms with Crippen molar-refractivity contribution >= 4 is 12.1 Å². The third-order valence-corrected chi connectivity index (χ3v) is 3.55. The summed E-state index contributed by atoms with van der Waals surface area (Å²) in [6.45, 7) is 1.32. The molecule has 3 N–H and O–H groups in total. The standard InChI is InChI=1S/C15H20N2O5/c1-21-14(19)11(16)8-10-4-5-12(18)13(9-10)22-15(20)17-6-2-3-7-17/h4-5,9,11,18H,2-3,6-8,16H2,1H3/t11-/m0/s1. The molecule has 120 valence electrons. The Bertz CT molecular complexity index is 555. The fraction of sp³-hybridized carbons (Fsp3) is 0.467. The number of phenolic OH excluding ortho intramolecular Hbond substituents is 1. The highest BCUT2D eigenvalue weighted by molar-refractivity contribution is 5.76. The van der Waals surface area contributed by atoms with Crippen molar-refractivity contribution in [1.29, 1.82) is 0 Å². The molecule has 1 aromatic carbocycles. The number of nitrogens with two attached hydrogens (primary N) is 1. The van der Waals surface area contributed by atoms with Crippen LogP contribution in [0.3, 0.4) is 0 Å². The zero-order chi connectivity index (χ0) is 16.1. The lowest BCUT2D eigenvalue weighted by atomic mass is 10.1. The number of ether oxygens (including phenoxy) is 2. The molecule has 0 aliphatic carbocycles. The molecule has 7 heteroatoms. The van der Waals surface area contributed by atoms with E-state index in [1.807, 2.05) is 0 Å². The van der Waals surface area contributed by atoms with Crippen LogP contribution in [-0.2, 0) is 16.0 Å². The first-order valence-electron chi connectivity index (χ1n) is 7.13. The van der Waals surface area contributed by atoms with E-state index in [4.69, 9.17) is 10.5 Å². The minimum Gasteiger partial charge on any atom is -0.504 e. The van der Waals surface area contributed by atoms with Crippen LogP contribution in [0.4, 0.5) is 4.79 Å². The predicted octanol–water partition coefficient (Wildman–Crippen LogP) is 1.03. The van der Waals surface area contributed by atoms with Crippen LogP contribution >= 0.6 is 0 Å². The number of hydrogen-bond acceptors (Lipinski definition) is 6.